The Morgan fingerprint density at radius 3 is 2.31 bits per heavy atom. The van der Waals surface area contributed by atoms with Gasteiger partial charge in [0.05, 0.1) is 17.2 Å². The van der Waals surface area contributed by atoms with Gasteiger partial charge in [0.1, 0.15) is 5.82 Å². The first kappa shape index (κ1) is 18.8. The SMILES string of the molecule is COc1c(Cl)cc(C(=O)N2CCCN(c3ccc(F)cc3)CC2)cc1Cl. The third kappa shape index (κ3) is 4.05. The number of carbonyl (C=O) groups is 1. The van der Waals surface area contributed by atoms with Crippen molar-refractivity contribution in [2.75, 3.05) is 38.2 Å². The molecule has 1 aliphatic heterocycles. The van der Waals surface area contributed by atoms with Crippen molar-refractivity contribution in [3.05, 3.63) is 57.8 Å². The molecular weight excluding hydrogens is 378 g/mol. The van der Waals surface area contributed by atoms with Crippen LogP contribution in [0.1, 0.15) is 16.8 Å². The highest BCUT2D eigenvalue weighted by Gasteiger charge is 2.22. The average Bonchev–Trinajstić information content (AvgIpc) is 2.87. The van der Waals surface area contributed by atoms with Crippen LogP contribution in [-0.2, 0) is 0 Å². The number of hydrogen-bond acceptors (Lipinski definition) is 3. The number of anilines is 1. The number of benzene rings is 2. The summed E-state index contributed by atoms with van der Waals surface area (Å²) in [6.07, 6.45) is 0.820. The standard InChI is InChI=1S/C19H19Cl2FN2O2/c1-26-18-16(20)11-13(12-17(18)21)19(25)24-8-2-7-23(9-10-24)15-5-3-14(22)4-6-15/h3-6,11-12H,2,7-10H2,1H3. The monoisotopic (exact) mass is 396 g/mol. The fraction of sp³-hybridized carbons (Fsp3) is 0.316. The molecule has 0 unspecified atom stereocenters. The van der Waals surface area contributed by atoms with Crippen LogP contribution in [0.3, 0.4) is 0 Å². The van der Waals surface area contributed by atoms with Crippen molar-refractivity contribution in [3.8, 4) is 5.75 Å². The first-order valence-electron chi connectivity index (χ1n) is 8.32. The summed E-state index contributed by atoms with van der Waals surface area (Å²) in [4.78, 5) is 16.8. The number of nitrogens with zero attached hydrogens (tertiary/aromatic N) is 2. The lowest BCUT2D eigenvalue weighted by atomic mass is 10.2. The quantitative estimate of drug-likeness (QED) is 0.765. The van der Waals surface area contributed by atoms with E-state index in [1.165, 1.54) is 19.2 Å². The molecule has 1 amide bonds. The van der Waals surface area contributed by atoms with Crippen molar-refractivity contribution in [3.63, 3.8) is 0 Å². The molecule has 0 spiro atoms. The Labute approximate surface area is 162 Å². The average molecular weight is 397 g/mol. The molecule has 0 aliphatic carbocycles. The van der Waals surface area contributed by atoms with Gasteiger partial charge in [-0.3, -0.25) is 4.79 Å². The van der Waals surface area contributed by atoms with Crippen molar-refractivity contribution in [1.29, 1.82) is 0 Å². The lowest BCUT2D eigenvalue weighted by Gasteiger charge is -2.24. The number of carbonyl (C=O) groups excluding carboxylic acids is 1. The minimum atomic E-state index is -0.256. The molecule has 2 aromatic rings. The predicted octanol–water partition coefficient (Wildman–Crippen LogP) is 4.49. The van der Waals surface area contributed by atoms with Gasteiger partial charge >= 0.3 is 0 Å². The van der Waals surface area contributed by atoms with Crippen LogP contribution >= 0.6 is 23.2 Å². The predicted molar refractivity (Wildman–Crippen MR) is 102 cm³/mol. The van der Waals surface area contributed by atoms with E-state index in [-0.39, 0.29) is 11.7 Å². The van der Waals surface area contributed by atoms with E-state index >= 15 is 0 Å². The lowest BCUT2D eigenvalue weighted by Crippen LogP contribution is -2.35. The maximum absolute atomic E-state index is 13.1. The third-order valence-corrected chi connectivity index (χ3v) is 4.99. The Morgan fingerprint density at radius 1 is 1.04 bits per heavy atom. The lowest BCUT2D eigenvalue weighted by molar-refractivity contribution is 0.0767. The molecule has 0 bridgehead atoms. The first-order valence-corrected chi connectivity index (χ1v) is 9.08. The maximum atomic E-state index is 13.1. The second-order valence-electron chi connectivity index (χ2n) is 6.08. The van der Waals surface area contributed by atoms with Gasteiger partial charge in [0.25, 0.3) is 5.91 Å². The molecule has 1 fully saturated rings. The number of methoxy groups -OCH3 is 1. The Kier molecular flexibility index (Phi) is 5.89. The number of hydrogen-bond donors (Lipinski definition) is 0. The van der Waals surface area contributed by atoms with Crippen LogP contribution in [0.4, 0.5) is 10.1 Å². The Hall–Kier alpha value is -1.98. The number of rotatable bonds is 3. The highest BCUT2D eigenvalue weighted by molar-refractivity contribution is 6.37. The van der Waals surface area contributed by atoms with Crippen LogP contribution in [0, 0.1) is 5.82 Å². The zero-order chi connectivity index (χ0) is 18.7. The third-order valence-electron chi connectivity index (χ3n) is 4.42. The number of ether oxygens (including phenoxy) is 1. The second-order valence-corrected chi connectivity index (χ2v) is 6.90. The van der Waals surface area contributed by atoms with Gasteiger partial charge in [-0.15, -0.1) is 0 Å². The van der Waals surface area contributed by atoms with Crippen LogP contribution in [0.15, 0.2) is 36.4 Å². The summed E-state index contributed by atoms with van der Waals surface area (Å²) in [7, 11) is 1.48. The van der Waals surface area contributed by atoms with Gasteiger partial charge < -0.3 is 14.5 Å². The highest BCUT2D eigenvalue weighted by Crippen LogP contribution is 2.34. The Morgan fingerprint density at radius 2 is 1.69 bits per heavy atom. The van der Waals surface area contributed by atoms with Crippen LogP contribution in [0.5, 0.6) is 5.75 Å². The summed E-state index contributed by atoms with van der Waals surface area (Å²) in [6, 6.07) is 9.58. The van der Waals surface area contributed by atoms with E-state index in [0.29, 0.717) is 41.0 Å². The normalized spacial score (nSPS) is 14.9. The molecular formula is C19H19Cl2FN2O2. The minimum Gasteiger partial charge on any atom is -0.494 e. The molecule has 4 nitrogen and oxygen atoms in total. The van der Waals surface area contributed by atoms with Crippen molar-refractivity contribution in [2.24, 2.45) is 0 Å². The van der Waals surface area contributed by atoms with Crippen LogP contribution < -0.4 is 9.64 Å². The van der Waals surface area contributed by atoms with E-state index in [9.17, 15) is 9.18 Å². The Bertz CT molecular complexity index is 776. The summed E-state index contributed by atoms with van der Waals surface area (Å²) in [5.41, 5.74) is 1.40. The molecule has 3 rings (SSSR count). The Balaban J connectivity index is 1.72. The summed E-state index contributed by atoms with van der Waals surface area (Å²) in [5, 5.41) is 0.622. The van der Waals surface area contributed by atoms with E-state index in [4.69, 9.17) is 27.9 Å². The fourth-order valence-corrected chi connectivity index (χ4v) is 3.73. The van der Waals surface area contributed by atoms with Gasteiger partial charge in [0, 0.05) is 37.4 Å². The van der Waals surface area contributed by atoms with Crippen LogP contribution in [-0.4, -0.2) is 44.1 Å². The van der Waals surface area contributed by atoms with Crippen LogP contribution in [0.2, 0.25) is 10.0 Å². The summed E-state index contributed by atoms with van der Waals surface area (Å²) in [6.45, 7) is 2.68. The zero-order valence-corrected chi connectivity index (χ0v) is 15.9. The van der Waals surface area contributed by atoms with Gasteiger partial charge in [-0.2, -0.15) is 0 Å². The molecule has 0 radical (unpaired) electrons. The number of amides is 1. The molecule has 2 aromatic carbocycles. The first-order chi connectivity index (χ1) is 12.5. The van der Waals surface area contributed by atoms with E-state index in [2.05, 4.69) is 4.90 Å². The van der Waals surface area contributed by atoms with Gasteiger partial charge in [-0.05, 0) is 42.8 Å². The molecule has 138 valence electrons. The fourth-order valence-electron chi connectivity index (χ4n) is 3.09. The smallest absolute Gasteiger partial charge is 0.254 e. The van der Waals surface area contributed by atoms with Gasteiger partial charge in [-0.1, -0.05) is 23.2 Å². The minimum absolute atomic E-state index is 0.114. The molecule has 0 N–H and O–H groups in total. The van der Waals surface area contributed by atoms with E-state index in [1.54, 1.807) is 29.2 Å². The molecule has 0 saturated carbocycles. The molecule has 0 aromatic heterocycles. The molecule has 1 saturated heterocycles. The summed E-state index contributed by atoms with van der Waals surface area (Å²) in [5.74, 6) is -0.00529. The molecule has 0 atom stereocenters. The van der Waals surface area contributed by atoms with E-state index < -0.39 is 0 Å². The van der Waals surface area contributed by atoms with Crippen molar-refractivity contribution in [1.82, 2.24) is 4.90 Å². The molecule has 26 heavy (non-hydrogen) atoms. The van der Waals surface area contributed by atoms with Crippen molar-refractivity contribution >= 4 is 34.8 Å². The largest absolute Gasteiger partial charge is 0.494 e. The second kappa shape index (κ2) is 8.14. The van der Waals surface area contributed by atoms with Gasteiger partial charge in [0.15, 0.2) is 5.75 Å². The summed E-state index contributed by atoms with van der Waals surface area (Å²) >= 11 is 12.3. The van der Waals surface area contributed by atoms with Crippen molar-refractivity contribution in [2.45, 2.75) is 6.42 Å². The molecule has 1 heterocycles. The van der Waals surface area contributed by atoms with Gasteiger partial charge in [0.2, 0.25) is 0 Å². The van der Waals surface area contributed by atoms with E-state index in [0.717, 1.165) is 18.7 Å². The molecule has 1 aliphatic rings. The summed E-state index contributed by atoms with van der Waals surface area (Å²) < 4.78 is 18.2. The van der Waals surface area contributed by atoms with Crippen LogP contribution in [0.25, 0.3) is 0 Å². The zero-order valence-electron chi connectivity index (χ0n) is 14.3. The van der Waals surface area contributed by atoms with Crippen molar-refractivity contribution < 1.29 is 13.9 Å². The van der Waals surface area contributed by atoms with Gasteiger partial charge in [-0.25, -0.2) is 4.39 Å². The number of halogens is 3. The maximum Gasteiger partial charge on any atom is 0.254 e. The highest BCUT2D eigenvalue weighted by atomic mass is 35.5. The molecule has 7 heteroatoms. The topological polar surface area (TPSA) is 32.8 Å². The van der Waals surface area contributed by atoms with E-state index in [1.807, 2.05) is 0 Å².